The minimum Gasteiger partial charge on any atom is -0.478 e. The van der Waals surface area contributed by atoms with E-state index in [1.54, 1.807) is 0 Å². The number of esters is 2. The van der Waals surface area contributed by atoms with Crippen molar-refractivity contribution in [1.82, 2.24) is 0 Å². The number of carbonyl (C=O) groups is 4. The number of carboxylic acid groups (broad SMARTS) is 1. The Kier molecular flexibility index (Phi) is 7.57. The number of Topliss-reactive ketones (excluding diaryl/α,β-unsaturated/α-hetero) is 1. The van der Waals surface area contributed by atoms with Gasteiger partial charge in [0.15, 0.2) is 0 Å². The molecule has 0 amide bonds. The molecule has 0 unspecified atom stereocenters. The Morgan fingerprint density at radius 3 is 2.15 bits per heavy atom. The topological polar surface area (TPSA) is 107 Å². The summed E-state index contributed by atoms with van der Waals surface area (Å²) in [4.78, 5) is 43.5. The van der Waals surface area contributed by atoms with Crippen LogP contribution in [0.3, 0.4) is 0 Å². The van der Waals surface area contributed by atoms with Crippen molar-refractivity contribution in [2.24, 2.45) is 0 Å². The van der Waals surface area contributed by atoms with Gasteiger partial charge < -0.3 is 14.6 Å². The van der Waals surface area contributed by atoms with Crippen molar-refractivity contribution in [1.29, 1.82) is 0 Å². The summed E-state index contributed by atoms with van der Waals surface area (Å²) in [6.45, 7) is 5.53. The number of carbonyl (C=O) groups excluding carboxylic acids is 3. The first-order valence-electron chi connectivity index (χ1n) is 5.66. The third-order valence-corrected chi connectivity index (χ3v) is 1.96. The smallest absolute Gasteiger partial charge is 0.337 e. The van der Waals surface area contributed by atoms with Gasteiger partial charge in [-0.05, 0) is 19.9 Å². The maximum Gasteiger partial charge on any atom is 0.337 e. The van der Waals surface area contributed by atoms with E-state index >= 15 is 0 Å². The number of ketones is 1. The zero-order chi connectivity index (χ0) is 15.7. The van der Waals surface area contributed by atoms with E-state index in [4.69, 9.17) is 9.84 Å². The predicted octanol–water partition coefficient (Wildman–Crippen LogP) is 0.639. The maximum atomic E-state index is 11.4. The van der Waals surface area contributed by atoms with Gasteiger partial charge in [0.25, 0.3) is 0 Å². The Labute approximate surface area is 115 Å². The average molecular weight is 284 g/mol. The zero-order valence-electron chi connectivity index (χ0n) is 11.3. The maximum absolute atomic E-state index is 11.4. The second-order valence-electron chi connectivity index (χ2n) is 3.89. The van der Waals surface area contributed by atoms with Gasteiger partial charge in [0.1, 0.15) is 25.4 Å². The highest BCUT2D eigenvalue weighted by Gasteiger charge is 2.10. The number of hydrogen-bond acceptors (Lipinski definition) is 6. The molecule has 0 saturated carbocycles. The fourth-order valence-electron chi connectivity index (χ4n) is 1.02. The Morgan fingerprint density at radius 1 is 1.10 bits per heavy atom. The monoisotopic (exact) mass is 284 g/mol. The highest BCUT2D eigenvalue weighted by Crippen LogP contribution is 2.03. The fourth-order valence-corrected chi connectivity index (χ4v) is 1.02. The van der Waals surface area contributed by atoms with Crippen LogP contribution in [0.1, 0.15) is 20.3 Å². The fraction of sp³-hybridized carbons (Fsp3) is 0.385. The first-order valence-corrected chi connectivity index (χ1v) is 5.66. The largest absolute Gasteiger partial charge is 0.478 e. The molecule has 0 radical (unpaired) electrons. The van der Waals surface area contributed by atoms with Crippen molar-refractivity contribution in [3.63, 3.8) is 0 Å². The van der Waals surface area contributed by atoms with Crippen molar-refractivity contribution < 1.29 is 33.8 Å². The second kappa shape index (κ2) is 8.63. The molecule has 0 saturated heterocycles. The van der Waals surface area contributed by atoms with Crippen molar-refractivity contribution in [2.45, 2.75) is 20.3 Å². The van der Waals surface area contributed by atoms with Crippen LogP contribution in [0.5, 0.6) is 0 Å². The van der Waals surface area contributed by atoms with E-state index < -0.39 is 17.9 Å². The van der Waals surface area contributed by atoms with Gasteiger partial charge in [-0.2, -0.15) is 0 Å². The van der Waals surface area contributed by atoms with Gasteiger partial charge in [0, 0.05) is 5.57 Å². The first-order chi connectivity index (χ1) is 9.23. The second-order valence-corrected chi connectivity index (χ2v) is 3.89. The Balaban J connectivity index is 4.03. The van der Waals surface area contributed by atoms with E-state index in [-0.39, 0.29) is 36.6 Å². The molecule has 0 atom stereocenters. The summed E-state index contributed by atoms with van der Waals surface area (Å²) in [5.74, 6) is -3.01. The van der Waals surface area contributed by atoms with Gasteiger partial charge in [0.2, 0.25) is 0 Å². The molecule has 0 aromatic rings. The summed E-state index contributed by atoms with van der Waals surface area (Å²) in [6, 6.07) is 0. The first kappa shape index (κ1) is 17.6. The third kappa shape index (κ3) is 7.80. The van der Waals surface area contributed by atoms with Crippen molar-refractivity contribution in [2.75, 3.05) is 13.2 Å². The summed E-state index contributed by atoms with van der Waals surface area (Å²) in [5, 5.41) is 8.61. The van der Waals surface area contributed by atoms with E-state index in [0.717, 1.165) is 6.08 Å². The van der Waals surface area contributed by atoms with Gasteiger partial charge in [0.05, 0.1) is 5.57 Å². The third-order valence-electron chi connectivity index (χ3n) is 1.96. The lowest BCUT2D eigenvalue weighted by atomic mass is 10.2. The molecular formula is C13H16O7. The Hall–Kier alpha value is -2.44. The van der Waals surface area contributed by atoms with Gasteiger partial charge in [-0.25, -0.2) is 9.59 Å². The average Bonchev–Trinajstić information content (AvgIpc) is 2.33. The van der Waals surface area contributed by atoms with Crippen LogP contribution >= 0.6 is 0 Å². The summed E-state index contributed by atoms with van der Waals surface area (Å²) >= 11 is 0. The van der Waals surface area contributed by atoms with Crippen LogP contribution in [0.2, 0.25) is 0 Å². The number of hydrogen-bond donors (Lipinski definition) is 1. The van der Waals surface area contributed by atoms with Crippen LogP contribution in [0.25, 0.3) is 0 Å². The van der Waals surface area contributed by atoms with Crippen molar-refractivity contribution in [3.8, 4) is 0 Å². The highest BCUT2D eigenvalue weighted by atomic mass is 16.6. The molecule has 0 aliphatic carbocycles. The minimum atomic E-state index is -1.17. The predicted molar refractivity (Wildman–Crippen MR) is 67.7 cm³/mol. The van der Waals surface area contributed by atoms with E-state index in [1.165, 1.54) is 13.8 Å². The summed E-state index contributed by atoms with van der Waals surface area (Å²) in [5.41, 5.74) is -0.181. The van der Waals surface area contributed by atoms with E-state index in [2.05, 4.69) is 11.3 Å². The van der Waals surface area contributed by atoms with Gasteiger partial charge in [-0.3, -0.25) is 9.59 Å². The summed E-state index contributed by atoms with van der Waals surface area (Å²) in [6.07, 6.45) is 0.744. The molecular weight excluding hydrogens is 268 g/mol. The van der Waals surface area contributed by atoms with Gasteiger partial charge in [-0.1, -0.05) is 6.58 Å². The van der Waals surface area contributed by atoms with Crippen LogP contribution in [0.4, 0.5) is 0 Å². The number of ether oxygens (including phenoxy) is 2. The molecule has 0 heterocycles. The summed E-state index contributed by atoms with van der Waals surface area (Å²) < 4.78 is 9.33. The van der Waals surface area contributed by atoms with Crippen LogP contribution in [0, 0.1) is 0 Å². The van der Waals surface area contributed by atoms with E-state index in [0.29, 0.717) is 0 Å². The van der Waals surface area contributed by atoms with Crippen LogP contribution in [0.15, 0.2) is 23.8 Å². The zero-order valence-corrected chi connectivity index (χ0v) is 11.3. The van der Waals surface area contributed by atoms with Gasteiger partial charge in [-0.15, -0.1) is 0 Å². The van der Waals surface area contributed by atoms with Crippen molar-refractivity contribution in [3.05, 3.63) is 23.8 Å². The molecule has 0 fully saturated rings. The summed E-state index contributed by atoms with van der Waals surface area (Å²) in [7, 11) is 0. The lowest BCUT2D eigenvalue weighted by Gasteiger charge is -2.06. The lowest BCUT2D eigenvalue weighted by Crippen LogP contribution is -2.16. The molecule has 0 aromatic heterocycles. The van der Waals surface area contributed by atoms with E-state index in [9.17, 15) is 19.2 Å². The minimum absolute atomic E-state index is 0.0557. The lowest BCUT2D eigenvalue weighted by molar-refractivity contribution is -0.151. The molecule has 0 aliphatic heterocycles. The number of aliphatic carboxylic acids is 1. The quantitative estimate of drug-likeness (QED) is 0.229. The molecule has 0 rings (SSSR count). The van der Waals surface area contributed by atoms with Crippen LogP contribution < -0.4 is 0 Å². The van der Waals surface area contributed by atoms with E-state index in [1.807, 2.05) is 0 Å². The molecule has 7 nitrogen and oxygen atoms in total. The SMILES string of the molecule is C=C(C=C(C)C(=O)O)C(=O)OCCOC(=O)CC(C)=O. The molecule has 1 N–H and O–H groups in total. The van der Waals surface area contributed by atoms with Crippen LogP contribution in [-0.2, 0) is 28.7 Å². The van der Waals surface area contributed by atoms with Crippen molar-refractivity contribution >= 4 is 23.7 Å². The molecule has 0 aromatic carbocycles. The Bertz CT molecular complexity index is 459. The molecule has 0 bridgehead atoms. The number of carboxylic acids is 1. The van der Waals surface area contributed by atoms with Crippen LogP contribution in [-0.4, -0.2) is 42.0 Å². The highest BCUT2D eigenvalue weighted by molar-refractivity contribution is 5.95. The van der Waals surface area contributed by atoms with Gasteiger partial charge >= 0.3 is 17.9 Å². The molecule has 20 heavy (non-hydrogen) atoms. The normalized spacial score (nSPS) is 10.6. The standard InChI is InChI=1S/C13H16O7/c1-8(12(16)17)6-9(2)13(18)20-5-4-19-11(15)7-10(3)14/h6H,2,4-5,7H2,1,3H3,(H,16,17). The molecule has 7 heteroatoms. The molecule has 0 aliphatic rings. The molecule has 110 valence electrons. The molecule has 0 spiro atoms. The number of rotatable bonds is 8. The Morgan fingerprint density at radius 2 is 1.65 bits per heavy atom.